The highest BCUT2D eigenvalue weighted by Crippen LogP contribution is 2.27. The number of halogens is 5. The normalized spacial score (nSPS) is 11.5. The maximum Gasteiger partial charge on any atom is 0.303 e. The number of aliphatic carboxylic acids is 1. The molecule has 0 atom stereocenters. The Labute approximate surface area is 115 Å². The number of rotatable bonds is 6. The first-order valence-electron chi connectivity index (χ1n) is 5.30. The highest BCUT2D eigenvalue weighted by atomic mass is 32.2. The van der Waals surface area contributed by atoms with Crippen molar-refractivity contribution in [3.05, 3.63) is 29.1 Å². The highest BCUT2D eigenvalue weighted by molar-refractivity contribution is 7.92. The molecule has 0 bridgehead atoms. The largest absolute Gasteiger partial charge is 0.481 e. The summed E-state index contributed by atoms with van der Waals surface area (Å²) >= 11 is 0. The van der Waals surface area contributed by atoms with E-state index in [1.165, 1.54) is 4.72 Å². The van der Waals surface area contributed by atoms with Crippen LogP contribution in [0.2, 0.25) is 0 Å². The van der Waals surface area contributed by atoms with Crippen LogP contribution in [0.5, 0.6) is 0 Å². The Morgan fingerprint density at radius 2 is 1.38 bits per heavy atom. The number of carboxylic acids is 1. The predicted octanol–water partition coefficient (Wildman–Crippen LogP) is 1.99. The molecule has 5 nitrogen and oxygen atoms in total. The van der Waals surface area contributed by atoms with Crippen molar-refractivity contribution in [3.8, 4) is 0 Å². The van der Waals surface area contributed by atoms with Crippen molar-refractivity contribution in [1.29, 1.82) is 0 Å². The van der Waals surface area contributed by atoms with Gasteiger partial charge in [-0.3, -0.25) is 9.52 Å². The zero-order valence-electron chi connectivity index (χ0n) is 10.1. The number of anilines is 1. The number of carbonyl (C=O) groups is 1. The minimum atomic E-state index is -4.47. The van der Waals surface area contributed by atoms with Crippen LogP contribution < -0.4 is 4.72 Å². The van der Waals surface area contributed by atoms with Gasteiger partial charge in [0.1, 0.15) is 5.69 Å². The smallest absolute Gasteiger partial charge is 0.303 e. The molecule has 2 N–H and O–H groups in total. The van der Waals surface area contributed by atoms with Gasteiger partial charge in [-0.1, -0.05) is 0 Å². The Balaban J connectivity index is 3.05. The summed E-state index contributed by atoms with van der Waals surface area (Å²) < 4.78 is 89.0. The van der Waals surface area contributed by atoms with Crippen LogP contribution in [0.15, 0.2) is 0 Å². The van der Waals surface area contributed by atoms with E-state index in [0.29, 0.717) is 0 Å². The lowest BCUT2D eigenvalue weighted by Crippen LogP contribution is -2.20. The van der Waals surface area contributed by atoms with Crippen molar-refractivity contribution in [3.63, 3.8) is 0 Å². The Bertz CT molecular complexity index is 648. The molecular weight excluding hydrogens is 325 g/mol. The monoisotopic (exact) mass is 333 g/mol. The van der Waals surface area contributed by atoms with Crippen LogP contribution in [0.25, 0.3) is 0 Å². The van der Waals surface area contributed by atoms with Crippen LogP contribution in [-0.2, 0) is 14.8 Å². The molecular formula is C10H8F5NO4S. The molecule has 0 aliphatic carbocycles. The van der Waals surface area contributed by atoms with Crippen molar-refractivity contribution in [1.82, 2.24) is 0 Å². The van der Waals surface area contributed by atoms with E-state index in [0.717, 1.165) is 0 Å². The molecule has 0 spiro atoms. The predicted molar refractivity (Wildman–Crippen MR) is 60.5 cm³/mol. The number of sulfonamides is 1. The molecule has 0 fully saturated rings. The maximum absolute atomic E-state index is 13.2. The van der Waals surface area contributed by atoms with E-state index in [-0.39, 0.29) is 0 Å². The fraction of sp³-hybridized carbons (Fsp3) is 0.300. The Hall–Kier alpha value is -1.91. The van der Waals surface area contributed by atoms with Gasteiger partial charge in [-0.15, -0.1) is 0 Å². The van der Waals surface area contributed by atoms with E-state index in [1.807, 2.05) is 0 Å². The molecule has 0 saturated carbocycles. The van der Waals surface area contributed by atoms with Crippen LogP contribution in [0.1, 0.15) is 12.8 Å². The topological polar surface area (TPSA) is 83.5 Å². The van der Waals surface area contributed by atoms with Gasteiger partial charge in [0.2, 0.25) is 15.8 Å². The van der Waals surface area contributed by atoms with Gasteiger partial charge in [0.15, 0.2) is 23.3 Å². The summed E-state index contributed by atoms with van der Waals surface area (Å²) in [6, 6.07) is 0. The first-order chi connectivity index (χ1) is 9.57. The van der Waals surface area contributed by atoms with E-state index >= 15 is 0 Å². The van der Waals surface area contributed by atoms with Gasteiger partial charge >= 0.3 is 5.97 Å². The molecule has 0 aliphatic rings. The molecule has 0 unspecified atom stereocenters. The molecule has 0 heterocycles. The van der Waals surface area contributed by atoms with Crippen LogP contribution in [-0.4, -0.2) is 25.2 Å². The average molecular weight is 333 g/mol. The molecule has 21 heavy (non-hydrogen) atoms. The lowest BCUT2D eigenvalue weighted by molar-refractivity contribution is -0.137. The van der Waals surface area contributed by atoms with Crippen LogP contribution in [0.3, 0.4) is 0 Å². The summed E-state index contributed by atoms with van der Waals surface area (Å²) in [4.78, 5) is 10.2. The van der Waals surface area contributed by atoms with Crippen LogP contribution in [0.4, 0.5) is 27.6 Å². The highest BCUT2D eigenvalue weighted by Gasteiger charge is 2.28. The third kappa shape index (κ3) is 4.03. The van der Waals surface area contributed by atoms with Gasteiger partial charge < -0.3 is 5.11 Å². The summed E-state index contributed by atoms with van der Waals surface area (Å²) in [6.07, 6.45) is -0.946. The number of carboxylic acid groups (broad SMARTS) is 1. The van der Waals surface area contributed by atoms with E-state index in [9.17, 15) is 35.2 Å². The Morgan fingerprint density at radius 3 is 1.81 bits per heavy atom. The van der Waals surface area contributed by atoms with E-state index in [2.05, 4.69) is 0 Å². The Kier molecular flexibility index (Phi) is 5.10. The third-order valence-corrected chi connectivity index (χ3v) is 3.61. The molecule has 0 aromatic heterocycles. The number of benzene rings is 1. The first-order valence-corrected chi connectivity index (χ1v) is 6.95. The van der Waals surface area contributed by atoms with E-state index in [4.69, 9.17) is 5.11 Å². The summed E-state index contributed by atoms with van der Waals surface area (Å²) in [7, 11) is -4.47. The average Bonchev–Trinajstić information content (AvgIpc) is 2.38. The second-order valence-corrected chi connectivity index (χ2v) is 5.71. The summed E-state index contributed by atoms with van der Waals surface area (Å²) in [6.45, 7) is 0. The molecule has 1 aromatic rings. The van der Waals surface area contributed by atoms with Crippen molar-refractivity contribution >= 4 is 21.7 Å². The molecule has 0 saturated heterocycles. The number of hydrogen-bond acceptors (Lipinski definition) is 3. The van der Waals surface area contributed by atoms with Crippen molar-refractivity contribution < 1.29 is 40.3 Å². The second kappa shape index (κ2) is 6.24. The zero-order valence-corrected chi connectivity index (χ0v) is 10.9. The van der Waals surface area contributed by atoms with E-state index < -0.39 is 69.4 Å². The van der Waals surface area contributed by atoms with Gasteiger partial charge in [0.05, 0.1) is 5.75 Å². The SMILES string of the molecule is O=C(O)CCCS(=O)(=O)Nc1c(F)c(F)c(F)c(F)c1F. The van der Waals surface area contributed by atoms with E-state index in [1.54, 1.807) is 0 Å². The minimum absolute atomic E-state index is 0.403. The minimum Gasteiger partial charge on any atom is -0.481 e. The summed E-state index contributed by atoms with van der Waals surface area (Å²) in [5.74, 6) is -13.8. The van der Waals surface area contributed by atoms with Gasteiger partial charge in [0, 0.05) is 6.42 Å². The van der Waals surface area contributed by atoms with Crippen LogP contribution in [0, 0.1) is 29.1 Å². The van der Waals surface area contributed by atoms with Gasteiger partial charge in [-0.25, -0.2) is 30.4 Å². The fourth-order valence-electron chi connectivity index (χ4n) is 1.31. The standard InChI is InChI=1S/C10H8F5NO4S/c11-5-6(12)8(14)10(9(15)7(5)13)16-21(19,20)3-1-2-4(17)18/h16H,1-3H2,(H,17,18). The third-order valence-electron chi connectivity index (χ3n) is 2.27. The molecule has 11 heteroatoms. The van der Waals surface area contributed by atoms with Gasteiger partial charge in [-0.2, -0.15) is 0 Å². The van der Waals surface area contributed by atoms with Gasteiger partial charge in [-0.05, 0) is 6.42 Å². The summed E-state index contributed by atoms with van der Waals surface area (Å²) in [5, 5.41) is 8.32. The fourth-order valence-corrected chi connectivity index (χ4v) is 2.43. The first kappa shape index (κ1) is 17.1. The molecule has 118 valence electrons. The lowest BCUT2D eigenvalue weighted by atomic mass is 10.2. The zero-order chi connectivity index (χ0) is 16.4. The molecule has 0 amide bonds. The number of nitrogens with one attached hydrogen (secondary N) is 1. The van der Waals surface area contributed by atoms with Crippen molar-refractivity contribution in [2.45, 2.75) is 12.8 Å². The number of hydrogen-bond donors (Lipinski definition) is 2. The molecule has 0 radical (unpaired) electrons. The van der Waals surface area contributed by atoms with Crippen molar-refractivity contribution in [2.24, 2.45) is 0 Å². The lowest BCUT2D eigenvalue weighted by Gasteiger charge is -2.11. The maximum atomic E-state index is 13.2. The molecule has 1 rings (SSSR count). The second-order valence-electron chi connectivity index (χ2n) is 3.86. The quantitative estimate of drug-likeness (QED) is 0.474. The van der Waals surface area contributed by atoms with Crippen LogP contribution >= 0.6 is 0 Å². The molecule has 1 aromatic carbocycles. The Morgan fingerprint density at radius 1 is 0.952 bits per heavy atom. The summed E-state index contributed by atoms with van der Waals surface area (Å²) in [5.41, 5.74) is -1.71. The van der Waals surface area contributed by atoms with Gasteiger partial charge in [0.25, 0.3) is 0 Å². The van der Waals surface area contributed by atoms with Crippen molar-refractivity contribution in [2.75, 3.05) is 10.5 Å². The molecule has 0 aliphatic heterocycles.